The van der Waals surface area contributed by atoms with E-state index in [-0.39, 0.29) is 5.95 Å². The molecule has 2 amide bonds. The molecule has 13 nitrogen and oxygen atoms in total. The first-order valence-corrected chi connectivity index (χ1v) is 3.63. The van der Waals surface area contributed by atoms with E-state index >= 15 is 0 Å². The first-order valence-electron chi connectivity index (χ1n) is 3.63. The number of aryl methyl sites for hydroxylation is 1. The normalized spacial score (nSPS) is 8.44. The topological polar surface area (TPSA) is 196 Å². The summed E-state index contributed by atoms with van der Waals surface area (Å²) in [4.78, 5) is 20.6. The molecule has 0 fully saturated rings. The van der Waals surface area contributed by atoms with Crippen LogP contribution in [-0.2, 0) is 7.05 Å². The summed E-state index contributed by atoms with van der Waals surface area (Å²) >= 11 is 0. The number of hydrazine groups is 1. The lowest BCUT2D eigenvalue weighted by Gasteiger charge is -1.91. The molecule has 1 aromatic heterocycles. The van der Waals surface area contributed by atoms with Crippen molar-refractivity contribution in [3.63, 3.8) is 0 Å². The van der Waals surface area contributed by atoms with Gasteiger partial charge in [0.15, 0.2) is 0 Å². The maximum Gasteiger partial charge on any atom is 0.372 e. The predicted octanol–water partition coefficient (Wildman–Crippen LogP) is -3.28. The smallest absolute Gasteiger partial charge is 0.272 e. The van der Waals surface area contributed by atoms with E-state index in [1.54, 1.807) is 5.43 Å². The van der Waals surface area contributed by atoms with Crippen LogP contribution in [-0.4, -0.2) is 31.3 Å². The zero-order valence-electron chi connectivity index (χ0n) is 8.19. The minimum absolute atomic E-state index is 0.243. The largest absolute Gasteiger partial charge is 0.372 e. The Balaban J connectivity index is 0.000000325. The van der Waals surface area contributed by atoms with Gasteiger partial charge in [-0.25, -0.2) is 30.6 Å². The number of hydrogen-bond donors (Lipinski definition) is 4. The number of hydrogen-bond acceptors (Lipinski definition) is 7. The summed E-state index contributed by atoms with van der Waals surface area (Å²) in [6.07, 6.45) is 0. The van der Waals surface area contributed by atoms with Gasteiger partial charge in [-0.3, -0.25) is 16.4 Å². The Morgan fingerprint density at radius 2 is 2.38 bits per heavy atom. The molecule has 90 valence electrons. The first kappa shape index (κ1) is 13.5. The monoisotopic (exact) mass is 234 g/mol. The molecule has 0 aliphatic heterocycles. The van der Waals surface area contributed by atoms with Gasteiger partial charge in [0.2, 0.25) is 0 Å². The molecule has 0 saturated carbocycles. The molecule has 0 aromatic carbocycles. The van der Waals surface area contributed by atoms with E-state index in [4.69, 9.17) is 0 Å². The van der Waals surface area contributed by atoms with Crippen LogP contribution in [0.4, 0.5) is 10.7 Å². The average molecular weight is 234 g/mol. The van der Waals surface area contributed by atoms with Crippen LogP contribution in [0.1, 0.15) is 0 Å². The van der Waals surface area contributed by atoms with E-state index in [1.807, 2.05) is 5.43 Å². The van der Waals surface area contributed by atoms with Crippen molar-refractivity contribution in [2.75, 3.05) is 0 Å². The Morgan fingerprint density at radius 1 is 1.75 bits per heavy atom. The summed E-state index contributed by atoms with van der Waals surface area (Å²) in [5, 5.41) is 18.8. The lowest BCUT2D eigenvalue weighted by molar-refractivity contribution is -0.423. The number of aromatic nitrogens is 4. The fourth-order valence-corrected chi connectivity index (χ4v) is 0.438. The summed E-state index contributed by atoms with van der Waals surface area (Å²) in [5.41, 5.74) is 6.59. The number of nitro groups is 1. The van der Waals surface area contributed by atoms with Gasteiger partial charge in [0.25, 0.3) is 0 Å². The third-order valence-corrected chi connectivity index (χ3v) is 0.961. The summed E-state index contributed by atoms with van der Waals surface area (Å²) in [5.74, 6) is 7.35. The maximum absolute atomic E-state index is 9.77. The van der Waals surface area contributed by atoms with Crippen molar-refractivity contribution in [1.82, 2.24) is 31.1 Å². The molecule has 1 rings (SSSR count). The molecule has 0 radical (unpaired) electrons. The predicted molar refractivity (Wildman–Crippen MR) is 47.6 cm³/mol. The molecule has 0 aliphatic rings. The highest BCUT2D eigenvalue weighted by Crippen LogP contribution is 2.05. The average Bonchev–Trinajstić information content (AvgIpc) is 2.62. The van der Waals surface area contributed by atoms with Gasteiger partial charge in [-0.05, 0) is 0 Å². The summed E-state index contributed by atoms with van der Waals surface area (Å²) in [7, 11) is 1.49. The molecule has 0 atom stereocenters. The van der Waals surface area contributed by atoms with E-state index in [9.17, 15) is 14.9 Å². The van der Waals surface area contributed by atoms with E-state index in [1.165, 1.54) is 7.05 Å². The van der Waals surface area contributed by atoms with Crippen LogP contribution >= 0.6 is 0 Å². The second-order valence-corrected chi connectivity index (χ2v) is 2.07. The number of quaternary nitrogens is 1. The van der Waals surface area contributed by atoms with Crippen LogP contribution in [0, 0.1) is 10.1 Å². The van der Waals surface area contributed by atoms with Gasteiger partial charge in [-0.15, -0.1) is 5.21 Å². The van der Waals surface area contributed by atoms with Gasteiger partial charge in [0.05, 0.1) is 0 Å². The molecular weight excluding hydrogens is 224 g/mol. The molecule has 16 heavy (non-hydrogen) atoms. The third-order valence-electron chi connectivity index (χ3n) is 0.961. The summed E-state index contributed by atoms with van der Waals surface area (Å²) in [6.45, 7) is 0. The van der Waals surface area contributed by atoms with Crippen LogP contribution in [0.2, 0.25) is 0 Å². The second-order valence-electron chi connectivity index (χ2n) is 2.07. The number of nitrogens with zero attached hydrogens (tertiary/aromatic N) is 6. The van der Waals surface area contributed by atoms with Crippen molar-refractivity contribution in [2.45, 2.75) is 0 Å². The van der Waals surface area contributed by atoms with Gasteiger partial charge in [-0.1, -0.05) is 5.43 Å². The van der Waals surface area contributed by atoms with Gasteiger partial charge in [0.1, 0.15) is 11.0 Å². The number of rotatable bonds is 2. The SMILES string of the molecule is Cn1nnc([N-][N+](=O)[O-])n1.NNC(=O)N[NH3+]. The number of carbonyl (C=O) groups excluding carboxylic acids is 1. The zero-order valence-corrected chi connectivity index (χ0v) is 8.19. The van der Waals surface area contributed by atoms with Gasteiger partial charge in [-0.2, -0.15) is 5.43 Å². The Morgan fingerprint density at radius 3 is 2.62 bits per heavy atom. The van der Waals surface area contributed by atoms with Crippen molar-refractivity contribution in [1.29, 1.82) is 0 Å². The maximum atomic E-state index is 9.77. The van der Waals surface area contributed by atoms with Crippen LogP contribution in [0.5, 0.6) is 0 Å². The number of amides is 2. The Labute approximate surface area is 88.2 Å². The van der Waals surface area contributed by atoms with Crippen molar-refractivity contribution < 1.29 is 15.7 Å². The molecular formula is C3H10N10O3. The number of nitrogens with two attached hydrogens (primary N) is 1. The van der Waals surface area contributed by atoms with Gasteiger partial charge >= 0.3 is 6.03 Å². The van der Waals surface area contributed by atoms with Crippen LogP contribution in [0.25, 0.3) is 5.43 Å². The fraction of sp³-hybridized carbons (Fsp3) is 0.333. The van der Waals surface area contributed by atoms with E-state index in [2.05, 4.69) is 32.5 Å². The number of carbonyl (C=O) groups is 1. The minimum atomic E-state index is -0.878. The summed E-state index contributed by atoms with van der Waals surface area (Å²) in [6, 6.07) is -0.491. The Bertz CT molecular complexity index is 341. The zero-order chi connectivity index (χ0) is 12.6. The molecule has 0 saturated heterocycles. The molecule has 0 spiro atoms. The first-order chi connectivity index (χ1) is 7.49. The van der Waals surface area contributed by atoms with E-state index in [0.29, 0.717) is 0 Å². The Hall–Kier alpha value is -2.54. The van der Waals surface area contributed by atoms with Gasteiger partial charge in [0, 0.05) is 7.05 Å². The van der Waals surface area contributed by atoms with Crippen molar-refractivity contribution in [3.05, 3.63) is 15.5 Å². The fourth-order valence-electron chi connectivity index (χ4n) is 0.438. The molecule has 0 aliphatic carbocycles. The third kappa shape index (κ3) is 6.00. The minimum Gasteiger partial charge on any atom is -0.272 e. The molecule has 1 heterocycles. The van der Waals surface area contributed by atoms with Crippen molar-refractivity contribution in [2.24, 2.45) is 12.9 Å². The Kier molecular flexibility index (Phi) is 5.76. The highest BCUT2D eigenvalue weighted by Gasteiger charge is 1.93. The number of nitrogens with one attached hydrogen (secondary N) is 2. The second kappa shape index (κ2) is 6.85. The van der Waals surface area contributed by atoms with Crippen molar-refractivity contribution >= 4 is 12.0 Å². The molecule has 1 aromatic rings. The lowest BCUT2D eigenvalue weighted by atomic mass is 11.1. The number of tetrazole rings is 1. The summed E-state index contributed by atoms with van der Waals surface area (Å²) < 4.78 is 0. The van der Waals surface area contributed by atoms with Crippen LogP contribution in [0.3, 0.4) is 0 Å². The standard InChI is InChI=1S/C2H3N6O2.CH6N4O/c1-7-4-2(3-6-7)5-8(9)10;2-4-1(6)5-3/h1H3;2-3H2,(H2,4,5,6)/q-1;/p+1. The van der Waals surface area contributed by atoms with Crippen molar-refractivity contribution in [3.8, 4) is 0 Å². The molecule has 13 heteroatoms. The van der Waals surface area contributed by atoms with Crippen LogP contribution < -0.4 is 22.5 Å². The quantitative estimate of drug-likeness (QED) is 0.178. The highest BCUT2D eigenvalue weighted by atomic mass is 16.7. The molecule has 0 unspecified atom stereocenters. The molecule has 0 bridgehead atoms. The van der Waals surface area contributed by atoms with Crippen LogP contribution in [0.15, 0.2) is 0 Å². The highest BCUT2D eigenvalue weighted by molar-refractivity contribution is 5.71. The van der Waals surface area contributed by atoms with Gasteiger partial charge < -0.3 is 0 Å². The molecule has 7 N–H and O–H groups in total. The number of urea groups is 1. The van der Waals surface area contributed by atoms with E-state index in [0.717, 1.165) is 4.80 Å². The van der Waals surface area contributed by atoms with E-state index < -0.39 is 11.1 Å². The lowest BCUT2D eigenvalue weighted by Crippen LogP contribution is -2.70.